The molecule has 1 heterocycles. The molecule has 0 fully saturated rings. The van der Waals surface area contributed by atoms with Gasteiger partial charge in [0.2, 0.25) is 5.91 Å². The van der Waals surface area contributed by atoms with Crippen LogP contribution in [0.4, 0.5) is 5.69 Å². The minimum Gasteiger partial charge on any atom is -0.352 e. The lowest BCUT2D eigenvalue weighted by Crippen LogP contribution is -2.29. The van der Waals surface area contributed by atoms with Gasteiger partial charge in [-0.05, 0) is 55.8 Å². The fraction of sp³-hybridized carbons (Fsp3) is 0.368. The molecule has 2 rings (SSSR count). The van der Waals surface area contributed by atoms with Crippen LogP contribution in [0.15, 0.2) is 41.8 Å². The standard InChI is InChI=1S/C19H25N3O2S/c1-14(20)10-11-21-19(24)15-5-2-6-16(13-15)22-18(23)9-3-7-17-8-4-12-25-17/h2,4-6,8,12-14H,3,7,9-11,20H2,1H3,(H,21,24)(H,22,23). The van der Waals surface area contributed by atoms with Crippen molar-refractivity contribution in [3.05, 3.63) is 52.2 Å². The summed E-state index contributed by atoms with van der Waals surface area (Å²) in [5.74, 6) is -0.194. The summed E-state index contributed by atoms with van der Waals surface area (Å²) in [7, 11) is 0. The van der Waals surface area contributed by atoms with Gasteiger partial charge < -0.3 is 16.4 Å². The van der Waals surface area contributed by atoms with Crippen LogP contribution >= 0.6 is 11.3 Å². The summed E-state index contributed by atoms with van der Waals surface area (Å²) in [6, 6.07) is 11.1. The zero-order valence-electron chi connectivity index (χ0n) is 14.5. The van der Waals surface area contributed by atoms with E-state index in [-0.39, 0.29) is 17.9 Å². The summed E-state index contributed by atoms with van der Waals surface area (Å²) in [5.41, 5.74) is 6.84. The average molecular weight is 359 g/mol. The summed E-state index contributed by atoms with van der Waals surface area (Å²) in [4.78, 5) is 25.4. The molecule has 1 unspecified atom stereocenters. The highest BCUT2D eigenvalue weighted by molar-refractivity contribution is 7.09. The number of anilines is 1. The predicted molar refractivity (Wildman–Crippen MR) is 103 cm³/mol. The molecule has 6 heteroatoms. The van der Waals surface area contributed by atoms with Crippen LogP contribution in [-0.2, 0) is 11.2 Å². The summed E-state index contributed by atoms with van der Waals surface area (Å²) < 4.78 is 0. The first-order chi connectivity index (χ1) is 12.0. The van der Waals surface area contributed by atoms with E-state index < -0.39 is 0 Å². The second kappa shape index (κ2) is 9.96. The van der Waals surface area contributed by atoms with Crippen LogP contribution < -0.4 is 16.4 Å². The van der Waals surface area contributed by atoms with Crippen LogP contribution in [0.5, 0.6) is 0 Å². The van der Waals surface area contributed by atoms with Gasteiger partial charge in [-0.15, -0.1) is 11.3 Å². The Morgan fingerprint density at radius 3 is 2.80 bits per heavy atom. The molecule has 0 aliphatic rings. The van der Waals surface area contributed by atoms with E-state index in [4.69, 9.17) is 5.73 Å². The van der Waals surface area contributed by atoms with E-state index in [1.54, 1.807) is 35.6 Å². The second-order valence-electron chi connectivity index (χ2n) is 6.08. The molecule has 25 heavy (non-hydrogen) atoms. The van der Waals surface area contributed by atoms with Crippen molar-refractivity contribution in [3.63, 3.8) is 0 Å². The minimum atomic E-state index is -0.158. The topological polar surface area (TPSA) is 84.2 Å². The van der Waals surface area contributed by atoms with Crippen molar-refractivity contribution < 1.29 is 9.59 Å². The van der Waals surface area contributed by atoms with Crippen LogP contribution in [0.2, 0.25) is 0 Å². The Morgan fingerprint density at radius 2 is 2.08 bits per heavy atom. The molecule has 1 aromatic heterocycles. The maximum Gasteiger partial charge on any atom is 0.251 e. The van der Waals surface area contributed by atoms with Crippen LogP contribution in [-0.4, -0.2) is 24.4 Å². The van der Waals surface area contributed by atoms with E-state index in [0.717, 1.165) is 19.3 Å². The van der Waals surface area contributed by atoms with Gasteiger partial charge in [0, 0.05) is 35.1 Å². The van der Waals surface area contributed by atoms with Crippen molar-refractivity contribution in [2.45, 2.75) is 38.6 Å². The Kier molecular flexibility index (Phi) is 7.63. The van der Waals surface area contributed by atoms with E-state index >= 15 is 0 Å². The molecule has 0 aliphatic heterocycles. The molecule has 134 valence electrons. The summed E-state index contributed by atoms with van der Waals surface area (Å²) >= 11 is 1.71. The van der Waals surface area contributed by atoms with Crippen LogP contribution in [0, 0.1) is 0 Å². The quantitative estimate of drug-likeness (QED) is 0.643. The number of hydrogen-bond donors (Lipinski definition) is 3. The van der Waals surface area contributed by atoms with Gasteiger partial charge in [0.05, 0.1) is 0 Å². The number of nitrogens with two attached hydrogens (primary N) is 1. The number of thiophene rings is 1. The monoisotopic (exact) mass is 359 g/mol. The molecular formula is C19H25N3O2S. The summed E-state index contributed by atoms with van der Waals surface area (Å²) in [6.07, 6.45) is 2.91. The molecule has 0 saturated heterocycles. The Bertz CT molecular complexity index is 684. The Balaban J connectivity index is 1.79. The molecule has 1 aromatic carbocycles. The van der Waals surface area contributed by atoms with Crippen LogP contribution in [0.25, 0.3) is 0 Å². The van der Waals surface area contributed by atoms with Crippen molar-refractivity contribution in [1.82, 2.24) is 5.32 Å². The number of nitrogens with one attached hydrogen (secondary N) is 2. The molecule has 0 saturated carbocycles. The fourth-order valence-electron chi connectivity index (χ4n) is 2.36. The van der Waals surface area contributed by atoms with Crippen molar-refractivity contribution in [2.75, 3.05) is 11.9 Å². The van der Waals surface area contributed by atoms with Gasteiger partial charge in [-0.3, -0.25) is 9.59 Å². The van der Waals surface area contributed by atoms with Gasteiger partial charge in [0.15, 0.2) is 0 Å². The molecule has 0 spiro atoms. The number of rotatable bonds is 9. The van der Waals surface area contributed by atoms with Crippen molar-refractivity contribution in [1.29, 1.82) is 0 Å². The highest BCUT2D eigenvalue weighted by Gasteiger charge is 2.08. The minimum absolute atomic E-state index is 0.0360. The van der Waals surface area contributed by atoms with Gasteiger partial charge in [0.25, 0.3) is 5.91 Å². The third-order valence-electron chi connectivity index (χ3n) is 3.70. The maximum atomic E-state index is 12.1. The van der Waals surface area contributed by atoms with Crippen molar-refractivity contribution >= 4 is 28.8 Å². The first kappa shape index (κ1) is 19.1. The van der Waals surface area contributed by atoms with E-state index in [0.29, 0.717) is 24.2 Å². The van der Waals surface area contributed by atoms with Crippen LogP contribution in [0.1, 0.15) is 41.4 Å². The molecule has 2 amide bonds. The van der Waals surface area contributed by atoms with E-state index in [2.05, 4.69) is 16.7 Å². The maximum absolute atomic E-state index is 12.1. The van der Waals surface area contributed by atoms with E-state index in [9.17, 15) is 9.59 Å². The number of aryl methyl sites for hydroxylation is 1. The summed E-state index contributed by atoms with van der Waals surface area (Å²) in [6.45, 7) is 2.44. The van der Waals surface area contributed by atoms with Gasteiger partial charge in [-0.25, -0.2) is 0 Å². The Labute approximate surface area is 152 Å². The van der Waals surface area contributed by atoms with Crippen molar-refractivity contribution in [2.24, 2.45) is 5.73 Å². The molecule has 5 nitrogen and oxygen atoms in total. The highest BCUT2D eigenvalue weighted by Crippen LogP contribution is 2.14. The highest BCUT2D eigenvalue weighted by atomic mass is 32.1. The molecule has 0 radical (unpaired) electrons. The third kappa shape index (κ3) is 7.07. The number of amides is 2. The number of carbonyl (C=O) groups is 2. The van der Waals surface area contributed by atoms with Gasteiger partial charge in [-0.2, -0.15) is 0 Å². The second-order valence-corrected chi connectivity index (χ2v) is 7.12. The lowest BCUT2D eigenvalue weighted by molar-refractivity contribution is -0.116. The Hall–Kier alpha value is -2.18. The van der Waals surface area contributed by atoms with Crippen molar-refractivity contribution in [3.8, 4) is 0 Å². The molecular weight excluding hydrogens is 334 g/mol. The lowest BCUT2D eigenvalue weighted by Gasteiger charge is -2.09. The number of hydrogen-bond acceptors (Lipinski definition) is 4. The first-order valence-electron chi connectivity index (χ1n) is 8.50. The van der Waals surface area contributed by atoms with Gasteiger partial charge >= 0.3 is 0 Å². The molecule has 0 aliphatic carbocycles. The zero-order valence-corrected chi connectivity index (χ0v) is 15.3. The SMILES string of the molecule is CC(N)CCNC(=O)c1cccc(NC(=O)CCCc2cccs2)c1. The number of benzene rings is 1. The van der Waals surface area contributed by atoms with E-state index in [1.807, 2.05) is 18.4 Å². The molecule has 1 atom stereocenters. The fourth-order valence-corrected chi connectivity index (χ4v) is 3.11. The zero-order chi connectivity index (χ0) is 18.1. The summed E-state index contributed by atoms with van der Waals surface area (Å²) in [5, 5.41) is 7.73. The largest absolute Gasteiger partial charge is 0.352 e. The third-order valence-corrected chi connectivity index (χ3v) is 4.64. The van der Waals surface area contributed by atoms with E-state index in [1.165, 1.54) is 4.88 Å². The number of carbonyl (C=O) groups excluding carboxylic acids is 2. The first-order valence-corrected chi connectivity index (χ1v) is 9.38. The normalized spacial score (nSPS) is 11.8. The smallest absolute Gasteiger partial charge is 0.251 e. The predicted octanol–water partition coefficient (Wildman–Crippen LogP) is 3.18. The average Bonchev–Trinajstić information content (AvgIpc) is 3.08. The molecule has 4 N–H and O–H groups in total. The van der Waals surface area contributed by atoms with Crippen LogP contribution in [0.3, 0.4) is 0 Å². The van der Waals surface area contributed by atoms with Gasteiger partial charge in [-0.1, -0.05) is 12.1 Å². The molecule has 0 bridgehead atoms. The molecule has 2 aromatic rings. The lowest BCUT2D eigenvalue weighted by atomic mass is 10.1. The van der Waals surface area contributed by atoms with Gasteiger partial charge in [0.1, 0.15) is 0 Å². The Morgan fingerprint density at radius 1 is 1.24 bits per heavy atom.